The normalized spacial score (nSPS) is 11.1. The van der Waals surface area contributed by atoms with Gasteiger partial charge in [-0.15, -0.1) is 11.3 Å². The number of ether oxygens (including phenoxy) is 1. The molecule has 0 spiro atoms. The predicted octanol–water partition coefficient (Wildman–Crippen LogP) is 7.31. The molecule has 0 unspecified atom stereocenters. The van der Waals surface area contributed by atoms with E-state index in [1.165, 1.54) is 11.3 Å². The van der Waals surface area contributed by atoms with Gasteiger partial charge in [-0.05, 0) is 52.3 Å². The van der Waals surface area contributed by atoms with Gasteiger partial charge in [-0.25, -0.2) is 9.97 Å². The molecule has 0 aliphatic rings. The van der Waals surface area contributed by atoms with Crippen molar-refractivity contribution in [3.05, 3.63) is 96.2 Å². The van der Waals surface area contributed by atoms with E-state index in [9.17, 15) is 4.79 Å². The Morgan fingerprint density at radius 3 is 2.63 bits per heavy atom. The maximum Gasteiger partial charge on any atom is 0.266 e. The van der Waals surface area contributed by atoms with Crippen molar-refractivity contribution in [3.63, 3.8) is 0 Å². The van der Waals surface area contributed by atoms with Gasteiger partial charge in [0.15, 0.2) is 5.13 Å². The molecule has 0 saturated carbocycles. The van der Waals surface area contributed by atoms with Gasteiger partial charge < -0.3 is 10.1 Å². The zero-order valence-corrected chi connectivity index (χ0v) is 23.0. The topological polar surface area (TPSA) is 69.0 Å². The number of thiazole rings is 1. The van der Waals surface area contributed by atoms with Gasteiger partial charge in [-0.3, -0.25) is 9.36 Å². The second-order valence-electron chi connectivity index (χ2n) is 7.52. The fourth-order valence-electron chi connectivity index (χ4n) is 3.70. The lowest BCUT2D eigenvalue weighted by atomic mass is 10.2. The number of nitrogens with zero attached hydrogens (tertiary/aromatic N) is 3. The summed E-state index contributed by atoms with van der Waals surface area (Å²) in [6, 6.07) is 18.6. The zero-order valence-electron chi connectivity index (χ0n) is 18.3. The summed E-state index contributed by atoms with van der Waals surface area (Å²) in [5.41, 5.74) is 2.82. The minimum Gasteiger partial charge on any atom is -0.495 e. The number of fused-ring (bicyclic) bond motifs is 1. The number of nitrogens with one attached hydrogen (secondary N) is 1. The number of hydrogen-bond acceptors (Lipinski definition) is 6. The third kappa shape index (κ3) is 4.86. The summed E-state index contributed by atoms with van der Waals surface area (Å²) in [6.45, 7) is 0.277. The van der Waals surface area contributed by atoms with Crippen molar-refractivity contribution >= 4 is 70.8 Å². The van der Waals surface area contributed by atoms with Crippen LogP contribution in [-0.4, -0.2) is 21.6 Å². The Balaban J connectivity index is 1.58. The summed E-state index contributed by atoms with van der Waals surface area (Å²) < 4.78 is 8.64. The summed E-state index contributed by atoms with van der Waals surface area (Å²) in [4.78, 5) is 23.3. The summed E-state index contributed by atoms with van der Waals surface area (Å²) in [7, 11) is 1.58. The second kappa shape index (κ2) is 10.1. The van der Waals surface area contributed by atoms with Gasteiger partial charge in [-0.2, -0.15) is 0 Å². The molecule has 0 amide bonds. The first kappa shape index (κ1) is 24.0. The number of para-hydroxylation sites is 2. The predicted molar refractivity (Wildman–Crippen MR) is 149 cm³/mol. The number of aromatic nitrogens is 3. The Morgan fingerprint density at radius 2 is 1.86 bits per heavy atom. The molecule has 5 rings (SSSR count). The Morgan fingerprint density at radius 1 is 1.09 bits per heavy atom. The number of hydrogen-bond donors (Lipinski definition) is 1. The fraction of sp³-hybridized carbons (Fsp3) is 0.0800. The first-order valence-electron chi connectivity index (χ1n) is 10.4. The van der Waals surface area contributed by atoms with Crippen LogP contribution in [-0.2, 0) is 6.54 Å². The highest BCUT2D eigenvalue weighted by molar-refractivity contribution is 9.11. The van der Waals surface area contributed by atoms with Crippen LogP contribution in [0.5, 0.6) is 5.75 Å². The molecule has 3 aromatic carbocycles. The van der Waals surface area contributed by atoms with Crippen molar-refractivity contribution < 1.29 is 4.74 Å². The number of halogens is 3. The van der Waals surface area contributed by atoms with Crippen LogP contribution in [0.2, 0.25) is 5.02 Å². The first-order chi connectivity index (χ1) is 16.9. The molecule has 0 bridgehead atoms. The fourth-order valence-corrected chi connectivity index (χ4v) is 5.86. The first-order valence-corrected chi connectivity index (χ1v) is 13.3. The highest BCUT2D eigenvalue weighted by Gasteiger charge is 2.18. The highest BCUT2D eigenvalue weighted by atomic mass is 79.9. The van der Waals surface area contributed by atoms with Crippen LogP contribution in [0.25, 0.3) is 27.8 Å². The Kier molecular flexibility index (Phi) is 6.93. The highest BCUT2D eigenvalue weighted by Crippen LogP contribution is 2.29. The SMILES string of the molecule is COc1ccccc1-n1c(CNc2nc(-c3ccc(Cl)cc3)cs2)nc2c(Br)cc(Br)cc2c1=O. The van der Waals surface area contributed by atoms with E-state index in [-0.39, 0.29) is 12.1 Å². The molecular formula is C25H17Br2ClN4O2S. The van der Waals surface area contributed by atoms with Crippen molar-refractivity contribution in [1.29, 1.82) is 0 Å². The smallest absolute Gasteiger partial charge is 0.266 e. The molecule has 10 heteroatoms. The van der Waals surface area contributed by atoms with Crippen LogP contribution < -0.4 is 15.6 Å². The van der Waals surface area contributed by atoms with Gasteiger partial charge in [0.05, 0.1) is 35.9 Å². The Hall–Kier alpha value is -2.72. The molecular weight excluding hydrogens is 616 g/mol. The van der Waals surface area contributed by atoms with E-state index in [1.807, 2.05) is 60.0 Å². The Bertz CT molecular complexity index is 1600. The quantitative estimate of drug-likeness (QED) is 0.213. The van der Waals surface area contributed by atoms with Crippen molar-refractivity contribution in [2.24, 2.45) is 0 Å². The van der Waals surface area contributed by atoms with Crippen molar-refractivity contribution in [1.82, 2.24) is 14.5 Å². The second-order valence-corrected chi connectivity index (χ2v) is 10.6. The van der Waals surface area contributed by atoms with Crippen molar-refractivity contribution in [3.8, 4) is 22.7 Å². The van der Waals surface area contributed by atoms with Crippen LogP contribution in [0.15, 0.2) is 79.8 Å². The summed E-state index contributed by atoms with van der Waals surface area (Å²) in [5.74, 6) is 1.10. The summed E-state index contributed by atoms with van der Waals surface area (Å²) in [6.07, 6.45) is 0. The molecule has 5 aromatic rings. The van der Waals surface area contributed by atoms with Crippen LogP contribution in [0, 0.1) is 0 Å². The molecule has 0 atom stereocenters. The Labute approximate surface area is 226 Å². The lowest BCUT2D eigenvalue weighted by molar-refractivity contribution is 0.412. The van der Waals surface area contributed by atoms with Crippen LogP contribution >= 0.6 is 54.8 Å². The molecule has 1 N–H and O–H groups in total. The average molecular weight is 633 g/mol. The molecule has 0 fully saturated rings. The maximum atomic E-state index is 13.7. The van der Waals surface area contributed by atoms with Crippen molar-refractivity contribution in [2.45, 2.75) is 6.54 Å². The molecule has 2 heterocycles. The third-order valence-corrected chi connectivity index (χ3v) is 7.44. The summed E-state index contributed by atoms with van der Waals surface area (Å²) >= 11 is 14.5. The number of anilines is 1. The molecule has 176 valence electrons. The van der Waals surface area contributed by atoms with Crippen LogP contribution in [0.4, 0.5) is 5.13 Å². The van der Waals surface area contributed by atoms with Gasteiger partial charge in [0, 0.05) is 24.9 Å². The van der Waals surface area contributed by atoms with E-state index < -0.39 is 0 Å². The molecule has 0 aliphatic carbocycles. The number of benzene rings is 3. The van der Waals surface area contributed by atoms with Crippen LogP contribution in [0.3, 0.4) is 0 Å². The van der Waals surface area contributed by atoms with E-state index in [0.29, 0.717) is 38.3 Å². The molecule has 0 saturated heterocycles. The minimum atomic E-state index is -0.195. The molecule has 35 heavy (non-hydrogen) atoms. The van der Waals surface area contributed by atoms with E-state index in [4.69, 9.17) is 21.3 Å². The van der Waals surface area contributed by atoms with Gasteiger partial charge in [0.25, 0.3) is 5.56 Å². The molecule has 0 radical (unpaired) electrons. The molecule has 2 aromatic heterocycles. The largest absolute Gasteiger partial charge is 0.495 e. The van der Waals surface area contributed by atoms with E-state index in [2.05, 4.69) is 42.2 Å². The maximum absolute atomic E-state index is 13.7. The van der Waals surface area contributed by atoms with Gasteiger partial charge >= 0.3 is 0 Å². The number of rotatable bonds is 6. The van der Waals surface area contributed by atoms with Gasteiger partial charge in [-0.1, -0.05) is 51.8 Å². The molecule has 0 aliphatic heterocycles. The number of methoxy groups -OCH3 is 1. The minimum absolute atomic E-state index is 0.195. The lowest BCUT2D eigenvalue weighted by Crippen LogP contribution is -2.26. The standard InChI is InChI=1S/C25H17Br2ClN4O2S/c1-34-21-5-3-2-4-20(21)32-22(31-23-17(24(32)33)10-15(26)11-18(23)27)12-29-25-30-19(13-35-25)14-6-8-16(28)9-7-14/h2-11,13H,12H2,1H3,(H,29,30). The lowest BCUT2D eigenvalue weighted by Gasteiger charge is -2.17. The van der Waals surface area contributed by atoms with Gasteiger partial charge in [0.2, 0.25) is 0 Å². The monoisotopic (exact) mass is 630 g/mol. The van der Waals surface area contributed by atoms with E-state index in [0.717, 1.165) is 20.2 Å². The third-order valence-electron chi connectivity index (χ3n) is 5.33. The van der Waals surface area contributed by atoms with Gasteiger partial charge in [0.1, 0.15) is 11.6 Å². The van der Waals surface area contributed by atoms with E-state index >= 15 is 0 Å². The van der Waals surface area contributed by atoms with Crippen LogP contribution in [0.1, 0.15) is 5.82 Å². The van der Waals surface area contributed by atoms with Crippen molar-refractivity contribution in [2.75, 3.05) is 12.4 Å². The summed E-state index contributed by atoms with van der Waals surface area (Å²) in [5, 5.41) is 7.18. The molecule has 6 nitrogen and oxygen atoms in total. The average Bonchev–Trinajstić information content (AvgIpc) is 3.33. The van der Waals surface area contributed by atoms with E-state index in [1.54, 1.807) is 17.7 Å². The zero-order chi connectivity index (χ0) is 24.5.